The minimum absolute atomic E-state index is 0.0739. The van der Waals surface area contributed by atoms with Gasteiger partial charge in [0.1, 0.15) is 29.5 Å². The van der Waals surface area contributed by atoms with Crippen LogP contribution in [0.3, 0.4) is 0 Å². The molecule has 1 atom stereocenters. The number of benzene rings is 2. The molecule has 1 unspecified atom stereocenters. The zero-order chi connectivity index (χ0) is 19.1. The van der Waals surface area contributed by atoms with Crippen molar-refractivity contribution in [1.82, 2.24) is 9.78 Å². The van der Waals surface area contributed by atoms with Gasteiger partial charge in [0.05, 0.1) is 16.3 Å². The Bertz CT molecular complexity index is 1110. The monoisotopic (exact) mass is 397 g/mol. The van der Waals surface area contributed by atoms with E-state index in [2.05, 4.69) is 16.5 Å². The number of nitrogens with zero attached hydrogens (tertiary/aromatic N) is 3. The Morgan fingerprint density at radius 2 is 1.89 bits per heavy atom. The van der Waals surface area contributed by atoms with Gasteiger partial charge in [-0.15, -0.1) is 0 Å². The molecule has 0 saturated carbocycles. The number of halogens is 2. The lowest BCUT2D eigenvalue weighted by Gasteiger charge is -2.26. The highest BCUT2D eigenvalue weighted by Gasteiger charge is 2.30. The fraction of sp³-hybridized carbons (Fsp3) is 0.0526. The first-order valence-electron chi connectivity index (χ1n) is 7.98. The number of hydrogen-bond donors (Lipinski definition) is 3. The number of nitrogens with two attached hydrogens (primary N) is 1. The van der Waals surface area contributed by atoms with E-state index in [0.717, 1.165) is 5.56 Å². The average Bonchev–Trinajstić information content (AvgIpc) is 3.07. The lowest BCUT2D eigenvalue weighted by Crippen LogP contribution is -2.28. The summed E-state index contributed by atoms with van der Waals surface area (Å²) in [6.45, 7) is 0. The Hall–Kier alpha value is -3.14. The van der Waals surface area contributed by atoms with Crippen LogP contribution in [-0.2, 0) is 0 Å². The number of anilines is 1. The van der Waals surface area contributed by atoms with E-state index >= 15 is 0 Å². The van der Waals surface area contributed by atoms with Gasteiger partial charge < -0.3 is 16.2 Å². The molecule has 2 heterocycles. The summed E-state index contributed by atoms with van der Waals surface area (Å²) < 4.78 is 1.67. The largest absolute Gasteiger partial charge is 0.506 e. The number of aromatic hydroxyl groups is 1. The second-order valence-electron chi connectivity index (χ2n) is 6.04. The first-order valence-corrected chi connectivity index (χ1v) is 8.74. The summed E-state index contributed by atoms with van der Waals surface area (Å²) in [6.07, 6.45) is 0. The predicted octanol–water partition coefficient (Wildman–Crippen LogP) is 4.27. The smallest absolute Gasteiger partial charge is 0.134 e. The van der Waals surface area contributed by atoms with Crippen LogP contribution in [0.2, 0.25) is 10.0 Å². The van der Waals surface area contributed by atoms with Crippen molar-refractivity contribution in [2.24, 2.45) is 5.73 Å². The predicted molar refractivity (Wildman–Crippen MR) is 104 cm³/mol. The Morgan fingerprint density at radius 1 is 1.15 bits per heavy atom. The molecule has 6 nitrogen and oxygen atoms in total. The van der Waals surface area contributed by atoms with Crippen molar-refractivity contribution in [1.29, 1.82) is 5.26 Å². The first-order chi connectivity index (χ1) is 13.0. The Morgan fingerprint density at radius 3 is 2.56 bits per heavy atom. The molecule has 1 aromatic heterocycles. The van der Waals surface area contributed by atoms with Crippen molar-refractivity contribution in [3.8, 4) is 23.1 Å². The maximum atomic E-state index is 9.99. The summed E-state index contributed by atoms with van der Waals surface area (Å²) >= 11 is 11.9. The average molecular weight is 398 g/mol. The van der Waals surface area contributed by atoms with Crippen molar-refractivity contribution in [2.75, 3.05) is 5.32 Å². The van der Waals surface area contributed by atoms with Crippen LogP contribution < -0.4 is 11.1 Å². The lowest BCUT2D eigenvalue weighted by atomic mass is 9.98. The molecular weight excluding hydrogens is 385 g/mol. The number of phenols is 1. The van der Waals surface area contributed by atoms with Crippen LogP contribution in [0.4, 0.5) is 5.82 Å². The van der Waals surface area contributed by atoms with Crippen LogP contribution in [0, 0.1) is 11.3 Å². The SMILES string of the molecule is N#CC1=C(N)Nc2cc(-c3ccc(Cl)cc3)nn2C1c1ccc(Cl)c(O)c1. The van der Waals surface area contributed by atoms with Crippen LogP contribution in [0.15, 0.2) is 59.9 Å². The van der Waals surface area contributed by atoms with Crippen molar-refractivity contribution >= 4 is 29.0 Å². The fourth-order valence-electron chi connectivity index (χ4n) is 3.05. The van der Waals surface area contributed by atoms with Gasteiger partial charge in [0.15, 0.2) is 0 Å². The molecule has 1 aliphatic rings. The molecule has 1 aliphatic heterocycles. The molecule has 4 N–H and O–H groups in total. The maximum absolute atomic E-state index is 9.99. The topological polar surface area (TPSA) is 99.9 Å². The maximum Gasteiger partial charge on any atom is 0.134 e. The zero-order valence-corrected chi connectivity index (χ0v) is 15.3. The minimum atomic E-state index is -0.588. The van der Waals surface area contributed by atoms with E-state index in [0.29, 0.717) is 27.7 Å². The summed E-state index contributed by atoms with van der Waals surface area (Å²) in [4.78, 5) is 0. The molecule has 0 spiro atoms. The second-order valence-corrected chi connectivity index (χ2v) is 6.89. The summed E-state index contributed by atoms with van der Waals surface area (Å²) in [6, 6.07) is 15.5. The number of phenolic OH excluding ortho intramolecular Hbond substituents is 1. The third-order valence-electron chi connectivity index (χ3n) is 4.35. The highest BCUT2D eigenvalue weighted by atomic mass is 35.5. The Labute approximate surface area is 165 Å². The molecular formula is C19H13Cl2N5O. The van der Waals surface area contributed by atoms with E-state index < -0.39 is 6.04 Å². The van der Waals surface area contributed by atoms with Gasteiger partial charge in [-0.25, -0.2) is 4.68 Å². The van der Waals surface area contributed by atoms with Crippen molar-refractivity contribution < 1.29 is 5.11 Å². The van der Waals surface area contributed by atoms with Crippen LogP contribution in [0.5, 0.6) is 5.75 Å². The third-order valence-corrected chi connectivity index (χ3v) is 4.92. The third kappa shape index (κ3) is 2.97. The standard InChI is InChI=1S/C19H13Cl2N5O/c20-12-4-1-10(2-5-12)15-8-17-24-19(23)13(9-22)18(26(17)25-15)11-3-6-14(21)16(27)7-11/h1-8,18,24,27H,23H2. The van der Waals surface area contributed by atoms with Gasteiger partial charge in [0.25, 0.3) is 0 Å². The van der Waals surface area contributed by atoms with Crippen molar-refractivity contribution in [2.45, 2.75) is 6.04 Å². The number of nitriles is 1. The number of allylic oxidation sites excluding steroid dienone is 1. The molecule has 0 radical (unpaired) electrons. The zero-order valence-electron chi connectivity index (χ0n) is 13.8. The Balaban J connectivity index is 1.87. The number of fused-ring (bicyclic) bond motifs is 1. The van der Waals surface area contributed by atoms with E-state index in [-0.39, 0.29) is 16.6 Å². The summed E-state index contributed by atoms with van der Waals surface area (Å²) in [5.74, 6) is 0.804. The molecule has 134 valence electrons. The van der Waals surface area contributed by atoms with Gasteiger partial charge in [0.2, 0.25) is 0 Å². The number of aromatic nitrogens is 2. The van der Waals surface area contributed by atoms with Crippen LogP contribution in [0.25, 0.3) is 11.3 Å². The van der Waals surface area contributed by atoms with E-state index in [4.69, 9.17) is 28.9 Å². The molecule has 0 amide bonds. The van der Waals surface area contributed by atoms with E-state index in [9.17, 15) is 10.4 Å². The summed E-state index contributed by atoms with van der Waals surface area (Å²) in [5, 5.41) is 28.1. The van der Waals surface area contributed by atoms with E-state index in [1.165, 1.54) is 6.07 Å². The quantitative estimate of drug-likeness (QED) is 0.599. The molecule has 0 saturated heterocycles. The highest BCUT2D eigenvalue weighted by molar-refractivity contribution is 6.32. The molecule has 0 fully saturated rings. The molecule has 4 rings (SSSR count). The summed E-state index contributed by atoms with van der Waals surface area (Å²) in [7, 11) is 0. The summed E-state index contributed by atoms with van der Waals surface area (Å²) in [5.41, 5.74) is 8.58. The van der Waals surface area contributed by atoms with Gasteiger partial charge in [-0.2, -0.15) is 10.4 Å². The molecule has 2 aromatic carbocycles. The molecule has 3 aromatic rings. The number of nitrogens with one attached hydrogen (secondary N) is 1. The van der Waals surface area contributed by atoms with Crippen molar-refractivity contribution in [3.05, 3.63) is 75.5 Å². The van der Waals surface area contributed by atoms with Crippen LogP contribution in [0.1, 0.15) is 11.6 Å². The highest BCUT2D eigenvalue weighted by Crippen LogP contribution is 2.38. The van der Waals surface area contributed by atoms with Gasteiger partial charge in [0, 0.05) is 16.7 Å². The fourth-order valence-corrected chi connectivity index (χ4v) is 3.29. The number of hydrogen-bond acceptors (Lipinski definition) is 5. The molecule has 0 bridgehead atoms. The molecule has 27 heavy (non-hydrogen) atoms. The van der Waals surface area contributed by atoms with E-state index in [1.807, 2.05) is 18.2 Å². The van der Waals surface area contributed by atoms with Crippen LogP contribution in [-0.4, -0.2) is 14.9 Å². The van der Waals surface area contributed by atoms with Gasteiger partial charge in [-0.1, -0.05) is 41.4 Å². The van der Waals surface area contributed by atoms with Crippen molar-refractivity contribution in [3.63, 3.8) is 0 Å². The van der Waals surface area contributed by atoms with E-state index in [1.54, 1.807) is 28.9 Å². The molecule has 8 heteroatoms. The first kappa shape index (κ1) is 17.3. The minimum Gasteiger partial charge on any atom is -0.506 e. The Kier molecular flexibility index (Phi) is 4.19. The number of rotatable bonds is 2. The van der Waals surface area contributed by atoms with Gasteiger partial charge in [-0.05, 0) is 29.8 Å². The second kappa shape index (κ2) is 6.54. The van der Waals surface area contributed by atoms with Gasteiger partial charge >= 0.3 is 0 Å². The normalized spacial score (nSPS) is 15.8. The van der Waals surface area contributed by atoms with Gasteiger partial charge in [-0.3, -0.25) is 0 Å². The van der Waals surface area contributed by atoms with Crippen LogP contribution >= 0.6 is 23.2 Å². The lowest BCUT2D eigenvalue weighted by molar-refractivity contribution is 0.473. The molecule has 0 aliphatic carbocycles.